The zero-order chi connectivity index (χ0) is 14.0. The first-order valence-electron chi connectivity index (χ1n) is 5.65. The molecule has 0 bridgehead atoms. The first kappa shape index (κ1) is 13.6. The molecule has 0 atom stereocenters. The Morgan fingerprint density at radius 1 is 1.37 bits per heavy atom. The van der Waals surface area contributed by atoms with Crippen LogP contribution in [0.2, 0.25) is 0 Å². The molecule has 0 amide bonds. The number of hydrogen-bond acceptors (Lipinski definition) is 4. The second-order valence-electron chi connectivity index (χ2n) is 4.23. The summed E-state index contributed by atoms with van der Waals surface area (Å²) in [5.41, 5.74) is 1.43. The fourth-order valence-corrected chi connectivity index (χ4v) is 2.70. The molecule has 0 aliphatic heterocycles. The molecule has 2 N–H and O–H groups in total. The molecule has 0 spiro atoms. The van der Waals surface area contributed by atoms with Gasteiger partial charge in [0.25, 0.3) is 10.0 Å². The van der Waals surface area contributed by atoms with E-state index >= 15 is 0 Å². The highest BCUT2D eigenvalue weighted by molar-refractivity contribution is 7.92. The lowest BCUT2D eigenvalue weighted by Gasteiger charge is -2.08. The van der Waals surface area contributed by atoms with Crippen molar-refractivity contribution in [2.75, 3.05) is 4.72 Å². The Morgan fingerprint density at radius 2 is 2.11 bits per heavy atom. The highest BCUT2D eigenvalue weighted by Crippen LogP contribution is 2.18. The maximum absolute atomic E-state index is 12.1. The molecule has 1 aromatic carbocycles. The van der Waals surface area contributed by atoms with Crippen molar-refractivity contribution in [1.29, 1.82) is 0 Å². The van der Waals surface area contributed by atoms with E-state index in [1.807, 2.05) is 6.92 Å². The van der Waals surface area contributed by atoms with Gasteiger partial charge in [-0.3, -0.25) is 9.40 Å². The Morgan fingerprint density at radius 3 is 2.68 bits per heavy atom. The predicted octanol–water partition coefficient (Wildman–Crippen LogP) is 1.02. The van der Waals surface area contributed by atoms with Crippen LogP contribution in [0.4, 0.5) is 5.82 Å². The van der Waals surface area contributed by atoms with E-state index in [0.29, 0.717) is 5.56 Å². The highest BCUT2D eigenvalue weighted by atomic mass is 32.2. The predicted molar refractivity (Wildman–Crippen MR) is 71.1 cm³/mol. The molecule has 2 rings (SSSR count). The third-order valence-electron chi connectivity index (χ3n) is 2.75. The van der Waals surface area contributed by atoms with E-state index in [2.05, 4.69) is 9.82 Å². The molecule has 7 heteroatoms. The maximum atomic E-state index is 12.1. The average Bonchev–Trinajstić information content (AvgIpc) is 2.74. The lowest BCUT2D eigenvalue weighted by Crippen LogP contribution is -2.14. The number of nitrogens with one attached hydrogen (secondary N) is 1. The summed E-state index contributed by atoms with van der Waals surface area (Å²) < 4.78 is 28.2. The van der Waals surface area contributed by atoms with Crippen LogP contribution >= 0.6 is 0 Å². The van der Waals surface area contributed by atoms with Crippen LogP contribution in [0.15, 0.2) is 35.4 Å². The number of aliphatic hydroxyl groups excluding tert-OH is 1. The van der Waals surface area contributed by atoms with Gasteiger partial charge >= 0.3 is 0 Å². The Bertz CT molecular complexity index is 692. The largest absolute Gasteiger partial charge is 0.392 e. The minimum Gasteiger partial charge on any atom is -0.392 e. The minimum absolute atomic E-state index is 0.104. The van der Waals surface area contributed by atoms with Crippen LogP contribution in [0.25, 0.3) is 0 Å². The maximum Gasteiger partial charge on any atom is 0.263 e. The van der Waals surface area contributed by atoms with E-state index in [-0.39, 0.29) is 17.3 Å². The average molecular weight is 281 g/mol. The molecule has 0 aliphatic carbocycles. The van der Waals surface area contributed by atoms with Crippen molar-refractivity contribution in [3.05, 3.63) is 41.6 Å². The van der Waals surface area contributed by atoms with Crippen LogP contribution in [0.1, 0.15) is 11.1 Å². The lowest BCUT2D eigenvalue weighted by atomic mass is 10.1. The normalized spacial score (nSPS) is 11.5. The standard InChI is InChI=1S/C12H15N3O3S/c1-9-3-4-11(7-10(9)8-16)19(17,18)14-12-5-6-15(2)13-12/h3-7,16H,8H2,1-2H3,(H,13,14). The molecule has 6 nitrogen and oxygen atoms in total. The van der Waals surface area contributed by atoms with Gasteiger partial charge in [0.1, 0.15) is 0 Å². The number of aryl methyl sites for hydroxylation is 2. The van der Waals surface area contributed by atoms with Crippen LogP contribution in [0.3, 0.4) is 0 Å². The molecule has 19 heavy (non-hydrogen) atoms. The third-order valence-corrected chi connectivity index (χ3v) is 4.11. The van der Waals surface area contributed by atoms with Crippen molar-refractivity contribution < 1.29 is 13.5 Å². The van der Waals surface area contributed by atoms with Crippen molar-refractivity contribution >= 4 is 15.8 Å². The van der Waals surface area contributed by atoms with Crippen LogP contribution < -0.4 is 4.72 Å². The molecule has 2 aromatic rings. The number of aliphatic hydroxyl groups is 1. The summed E-state index contributed by atoms with van der Waals surface area (Å²) in [6, 6.07) is 6.19. The molecule has 0 unspecified atom stereocenters. The Kier molecular flexibility index (Phi) is 3.59. The van der Waals surface area contributed by atoms with E-state index < -0.39 is 10.0 Å². The van der Waals surface area contributed by atoms with Gasteiger partial charge in [-0.2, -0.15) is 5.10 Å². The third kappa shape index (κ3) is 2.94. The highest BCUT2D eigenvalue weighted by Gasteiger charge is 2.16. The molecule has 0 radical (unpaired) electrons. The van der Waals surface area contributed by atoms with Crippen molar-refractivity contribution in [3.8, 4) is 0 Å². The summed E-state index contributed by atoms with van der Waals surface area (Å²) in [5, 5.41) is 13.1. The first-order valence-corrected chi connectivity index (χ1v) is 7.13. The monoisotopic (exact) mass is 281 g/mol. The van der Waals surface area contributed by atoms with Gasteiger partial charge in [0.2, 0.25) is 0 Å². The molecule has 0 saturated heterocycles. The number of hydrogen-bond donors (Lipinski definition) is 2. The Balaban J connectivity index is 2.34. The van der Waals surface area contributed by atoms with E-state index in [9.17, 15) is 13.5 Å². The molecule has 0 aliphatic rings. The summed E-state index contributed by atoms with van der Waals surface area (Å²) in [4.78, 5) is 0.104. The van der Waals surface area contributed by atoms with Crippen LogP contribution in [-0.4, -0.2) is 23.3 Å². The molecule has 1 aromatic heterocycles. The number of sulfonamides is 1. The van der Waals surface area contributed by atoms with Gasteiger partial charge in [-0.05, 0) is 30.2 Å². The lowest BCUT2D eigenvalue weighted by molar-refractivity contribution is 0.281. The van der Waals surface area contributed by atoms with Crippen LogP contribution in [0.5, 0.6) is 0 Å². The Hall–Kier alpha value is -1.86. The van der Waals surface area contributed by atoms with Gasteiger partial charge in [0, 0.05) is 19.3 Å². The van der Waals surface area contributed by atoms with Gasteiger partial charge < -0.3 is 5.11 Å². The molecular formula is C12H15N3O3S. The topological polar surface area (TPSA) is 84.2 Å². The van der Waals surface area contributed by atoms with Crippen LogP contribution in [0, 0.1) is 6.92 Å². The second-order valence-corrected chi connectivity index (χ2v) is 5.91. The van der Waals surface area contributed by atoms with E-state index in [0.717, 1.165) is 5.56 Å². The van der Waals surface area contributed by atoms with Gasteiger partial charge in [-0.15, -0.1) is 0 Å². The molecular weight excluding hydrogens is 266 g/mol. The smallest absolute Gasteiger partial charge is 0.263 e. The molecule has 0 fully saturated rings. The van der Waals surface area contributed by atoms with E-state index in [1.54, 1.807) is 25.4 Å². The minimum atomic E-state index is -3.69. The summed E-state index contributed by atoms with van der Waals surface area (Å²) in [6.07, 6.45) is 1.64. The van der Waals surface area contributed by atoms with Crippen molar-refractivity contribution in [2.24, 2.45) is 7.05 Å². The number of anilines is 1. The zero-order valence-electron chi connectivity index (χ0n) is 10.7. The van der Waals surface area contributed by atoms with Gasteiger partial charge in [-0.1, -0.05) is 6.07 Å². The van der Waals surface area contributed by atoms with Crippen molar-refractivity contribution in [3.63, 3.8) is 0 Å². The van der Waals surface area contributed by atoms with Crippen molar-refractivity contribution in [2.45, 2.75) is 18.4 Å². The van der Waals surface area contributed by atoms with Crippen LogP contribution in [-0.2, 0) is 23.7 Å². The second kappa shape index (κ2) is 5.02. The fourth-order valence-electron chi connectivity index (χ4n) is 1.65. The first-order chi connectivity index (χ1) is 8.92. The molecule has 0 saturated carbocycles. The summed E-state index contributed by atoms with van der Waals surface area (Å²) in [7, 11) is -1.98. The molecule has 102 valence electrons. The Labute approximate surface area is 111 Å². The summed E-state index contributed by atoms with van der Waals surface area (Å²) >= 11 is 0. The SMILES string of the molecule is Cc1ccc(S(=O)(=O)Nc2ccn(C)n2)cc1CO. The summed E-state index contributed by atoms with van der Waals surface area (Å²) in [6.45, 7) is 1.62. The van der Waals surface area contributed by atoms with Crippen molar-refractivity contribution in [1.82, 2.24) is 9.78 Å². The number of aromatic nitrogens is 2. The van der Waals surface area contributed by atoms with Gasteiger partial charge in [-0.25, -0.2) is 8.42 Å². The van der Waals surface area contributed by atoms with E-state index in [4.69, 9.17) is 0 Å². The molecule has 1 heterocycles. The summed E-state index contributed by atoms with van der Waals surface area (Å²) in [5.74, 6) is 0.258. The quantitative estimate of drug-likeness (QED) is 0.876. The fraction of sp³-hybridized carbons (Fsp3) is 0.250. The number of rotatable bonds is 4. The zero-order valence-corrected chi connectivity index (χ0v) is 11.5. The number of nitrogens with zero attached hydrogens (tertiary/aromatic N) is 2. The van der Waals surface area contributed by atoms with Gasteiger partial charge in [0.15, 0.2) is 5.82 Å². The number of benzene rings is 1. The van der Waals surface area contributed by atoms with E-state index in [1.165, 1.54) is 16.8 Å². The van der Waals surface area contributed by atoms with Gasteiger partial charge in [0.05, 0.1) is 11.5 Å².